The highest BCUT2D eigenvalue weighted by molar-refractivity contribution is 8.26. The summed E-state index contributed by atoms with van der Waals surface area (Å²) in [7, 11) is 1.59. The number of unbranched alkanes of at least 4 members (excludes halogenated alkanes) is 2. The van der Waals surface area contributed by atoms with Gasteiger partial charge in [-0.25, -0.2) is 0 Å². The zero-order chi connectivity index (χ0) is 22.2. The quantitative estimate of drug-likeness (QED) is 0.285. The summed E-state index contributed by atoms with van der Waals surface area (Å²) in [6, 6.07) is 14.6. The van der Waals surface area contributed by atoms with Crippen LogP contribution >= 0.6 is 35.6 Å². The van der Waals surface area contributed by atoms with Crippen LogP contribution in [0.25, 0.3) is 6.08 Å². The Labute approximate surface area is 196 Å². The monoisotopic (exact) mass is 474 g/mol. The highest BCUT2D eigenvalue weighted by Gasteiger charge is 2.31. The zero-order valence-electron chi connectivity index (χ0n) is 17.1. The summed E-state index contributed by atoms with van der Waals surface area (Å²) in [4.78, 5) is 27.0. The van der Waals surface area contributed by atoms with E-state index in [-0.39, 0.29) is 11.8 Å². The molecule has 0 unspecified atom stereocenters. The number of amides is 2. The third kappa shape index (κ3) is 6.82. The van der Waals surface area contributed by atoms with Gasteiger partial charge < -0.3 is 10.1 Å². The molecule has 1 aliphatic heterocycles. The van der Waals surface area contributed by atoms with Crippen molar-refractivity contribution in [3.05, 3.63) is 64.0 Å². The van der Waals surface area contributed by atoms with Gasteiger partial charge in [-0.05, 0) is 48.7 Å². The molecule has 5 nitrogen and oxygen atoms in total. The van der Waals surface area contributed by atoms with E-state index in [4.69, 9.17) is 28.6 Å². The number of carbonyl (C=O) groups excluding carboxylic acids is 2. The Morgan fingerprint density at radius 1 is 1.19 bits per heavy atom. The molecule has 8 heteroatoms. The van der Waals surface area contributed by atoms with Crippen molar-refractivity contribution >= 4 is 63.5 Å². The van der Waals surface area contributed by atoms with Crippen LogP contribution in [0.5, 0.6) is 5.75 Å². The molecule has 1 aliphatic rings. The van der Waals surface area contributed by atoms with E-state index in [1.165, 1.54) is 11.8 Å². The second-order valence-corrected chi connectivity index (χ2v) is 9.09. The number of hydrogen-bond donors (Lipinski definition) is 1. The number of carbonyl (C=O) groups is 2. The molecule has 2 amide bonds. The molecule has 0 radical (unpaired) electrons. The fraction of sp³-hybridized carbons (Fsp3) is 0.261. The Balaban J connectivity index is 1.41. The molecule has 0 atom stereocenters. The SMILES string of the molecule is COc1cccc(NC(=O)CCCCCN2C(=O)/C(=C/c3ccc(Cl)cc3)SC2=S)c1. The molecule has 0 bridgehead atoms. The topological polar surface area (TPSA) is 58.6 Å². The van der Waals surface area contributed by atoms with Crippen molar-refractivity contribution < 1.29 is 14.3 Å². The average Bonchev–Trinajstić information content (AvgIpc) is 3.02. The molecule has 1 heterocycles. The van der Waals surface area contributed by atoms with Gasteiger partial charge in [-0.15, -0.1) is 0 Å². The van der Waals surface area contributed by atoms with Gasteiger partial charge in [-0.1, -0.05) is 60.2 Å². The summed E-state index contributed by atoms with van der Waals surface area (Å²) < 4.78 is 5.73. The minimum absolute atomic E-state index is 0.0373. The summed E-state index contributed by atoms with van der Waals surface area (Å²) in [6.45, 7) is 0.556. The van der Waals surface area contributed by atoms with E-state index >= 15 is 0 Å². The number of hydrogen-bond acceptors (Lipinski definition) is 5. The Hall–Kier alpha value is -2.35. The minimum Gasteiger partial charge on any atom is -0.497 e. The maximum absolute atomic E-state index is 12.7. The van der Waals surface area contributed by atoms with Crippen molar-refractivity contribution in [2.75, 3.05) is 19.0 Å². The summed E-state index contributed by atoms with van der Waals surface area (Å²) in [5.74, 6) is 0.594. The number of benzene rings is 2. The molecule has 3 rings (SSSR count). The standard InChI is InChI=1S/C23H23ClN2O3S2/c1-29-19-7-5-6-18(15-19)25-21(27)8-3-2-4-13-26-22(28)20(31-23(26)30)14-16-9-11-17(24)12-10-16/h5-7,9-12,14-15H,2-4,8,13H2,1H3,(H,25,27)/b20-14-. The second kappa shape index (κ2) is 11.3. The Morgan fingerprint density at radius 2 is 1.97 bits per heavy atom. The Bertz CT molecular complexity index is 993. The number of methoxy groups -OCH3 is 1. The zero-order valence-corrected chi connectivity index (χ0v) is 19.5. The smallest absolute Gasteiger partial charge is 0.266 e. The van der Waals surface area contributed by atoms with Crippen molar-refractivity contribution in [1.29, 1.82) is 0 Å². The predicted molar refractivity (Wildman–Crippen MR) is 131 cm³/mol. The third-order valence-corrected chi connectivity index (χ3v) is 6.31. The molecule has 162 valence electrons. The number of nitrogens with one attached hydrogen (secondary N) is 1. The van der Waals surface area contributed by atoms with Gasteiger partial charge in [0, 0.05) is 29.7 Å². The summed E-state index contributed by atoms with van der Waals surface area (Å²) >= 11 is 12.6. The van der Waals surface area contributed by atoms with Crippen molar-refractivity contribution in [1.82, 2.24) is 4.90 Å². The fourth-order valence-electron chi connectivity index (χ4n) is 3.06. The van der Waals surface area contributed by atoms with Crippen LogP contribution in [0.2, 0.25) is 5.02 Å². The van der Waals surface area contributed by atoms with Crippen LogP contribution in [0.3, 0.4) is 0 Å². The predicted octanol–water partition coefficient (Wildman–Crippen LogP) is 5.75. The van der Waals surface area contributed by atoms with E-state index in [1.54, 1.807) is 30.2 Å². The van der Waals surface area contributed by atoms with Gasteiger partial charge in [-0.2, -0.15) is 0 Å². The molecule has 2 aromatic carbocycles. The number of ether oxygens (including phenoxy) is 1. The number of thioether (sulfide) groups is 1. The highest BCUT2D eigenvalue weighted by atomic mass is 35.5. The van der Waals surface area contributed by atoms with Gasteiger partial charge >= 0.3 is 0 Å². The summed E-state index contributed by atoms with van der Waals surface area (Å²) in [5, 5.41) is 3.53. The molecule has 0 aliphatic carbocycles. The molecule has 0 saturated carbocycles. The normalized spacial score (nSPS) is 14.9. The molecular formula is C23H23ClN2O3S2. The lowest BCUT2D eigenvalue weighted by atomic mass is 10.1. The highest BCUT2D eigenvalue weighted by Crippen LogP contribution is 2.33. The maximum Gasteiger partial charge on any atom is 0.266 e. The number of thiocarbonyl (C=S) groups is 1. The van der Waals surface area contributed by atoms with E-state index in [2.05, 4.69) is 5.32 Å². The third-order valence-electron chi connectivity index (χ3n) is 4.68. The van der Waals surface area contributed by atoms with E-state index in [9.17, 15) is 9.59 Å². The van der Waals surface area contributed by atoms with Gasteiger partial charge in [0.05, 0.1) is 12.0 Å². The van der Waals surface area contributed by atoms with E-state index < -0.39 is 0 Å². The van der Waals surface area contributed by atoms with Crippen molar-refractivity contribution in [3.8, 4) is 5.75 Å². The molecule has 2 aromatic rings. The van der Waals surface area contributed by atoms with Crippen molar-refractivity contribution in [3.63, 3.8) is 0 Å². The molecule has 31 heavy (non-hydrogen) atoms. The first-order chi connectivity index (χ1) is 15.0. The lowest BCUT2D eigenvalue weighted by Crippen LogP contribution is -2.29. The Morgan fingerprint density at radius 3 is 2.71 bits per heavy atom. The van der Waals surface area contributed by atoms with Crippen LogP contribution in [0.4, 0.5) is 5.69 Å². The van der Waals surface area contributed by atoms with Crippen LogP contribution in [0.1, 0.15) is 31.2 Å². The largest absolute Gasteiger partial charge is 0.497 e. The summed E-state index contributed by atoms with van der Waals surface area (Å²) in [5.41, 5.74) is 1.63. The number of anilines is 1. The van der Waals surface area contributed by atoms with Gasteiger partial charge in [-0.3, -0.25) is 14.5 Å². The lowest BCUT2D eigenvalue weighted by molar-refractivity contribution is -0.122. The lowest BCUT2D eigenvalue weighted by Gasteiger charge is -2.14. The van der Waals surface area contributed by atoms with Crippen LogP contribution < -0.4 is 10.1 Å². The average molecular weight is 475 g/mol. The van der Waals surface area contributed by atoms with E-state index in [1.807, 2.05) is 36.4 Å². The first-order valence-corrected chi connectivity index (χ1v) is 11.5. The first kappa shape index (κ1) is 23.3. The number of rotatable bonds is 9. The van der Waals surface area contributed by atoms with Crippen LogP contribution in [-0.2, 0) is 9.59 Å². The Kier molecular flexibility index (Phi) is 8.51. The number of nitrogens with zero attached hydrogens (tertiary/aromatic N) is 1. The molecule has 0 aromatic heterocycles. The molecule has 1 fully saturated rings. The molecule has 1 N–H and O–H groups in total. The fourth-order valence-corrected chi connectivity index (χ4v) is 4.49. The van der Waals surface area contributed by atoms with Crippen LogP contribution in [0, 0.1) is 0 Å². The number of halogens is 1. The summed E-state index contributed by atoms with van der Waals surface area (Å²) in [6.07, 6.45) is 4.61. The molecule has 0 spiro atoms. The minimum atomic E-state index is -0.0688. The first-order valence-electron chi connectivity index (χ1n) is 9.91. The second-order valence-electron chi connectivity index (χ2n) is 6.98. The van der Waals surface area contributed by atoms with Gasteiger partial charge in [0.1, 0.15) is 10.1 Å². The van der Waals surface area contributed by atoms with Crippen molar-refractivity contribution in [2.45, 2.75) is 25.7 Å². The van der Waals surface area contributed by atoms with Gasteiger partial charge in [0.25, 0.3) is 5.91 Å². The van der Waals surface area contributed by atoms with Crippen LogP contribution in [0.15, 0.2) is 53.4 Å². The van der Waals surface area contributed by atoms with E-state index in [0.29, 0.717) is 33.0 Å². The van der Waals surface area contributed by atoms with E-state index in [0.717, 1.165) is 30.5 Å². The van der Waals surface area contributed by atoms with Crippen LogP contribution in [-0.4, -0.2) is 34.7 Å². The van der Waals surface area contributed by atoms with Gasteiger partial charge in [0.2, 0.25) is 5.91 Å². The molecule has 1 saturated heterocycles. The van der Waals surface area contributed by atoms with Gasteiger partial charge in [0.15, 0.2) is 0 Å². The maximum atomic E-state index is 12.7. The molecular weight excluding hydrogens is 452 g/mol. The van der Waals surface area contributed by atoms with Crippen molar-refractivity contribution in [2.24, 2.45) is 0 Å².